The molecule has 0 bridgehead atoms. The van der Waals surface area contributed by atoms with Gasteiger partial charge in [-0.25, -0.2) is 0 Å². The largest absolute Gasteiger partial charge is 0.508 e. The lowest BCUT2D eigenvalue weighted by Gasteiger charge is -2.33. The van der Waals surface area contributed by atoms with Crippen LogP contribution in [0.4, 0.5) is 0 Å². The van der Waals surface area contributed by atoms with Gasteiger partial charge in [0.15, 0.2) is 0 Å². The van der Waals surface area contributed by atoms with Gasteiger partial charge in [-0.05, 0) is 37.1 Å². The summed E-state index contributed by atoms with van der Waals surface area (Å²) in [7, 11) is 0. The van der Waals surface area contributed by atoms with Gasteiger partial charge in [-0.15, -0.1) is 0 Å². The van der Waals surface area contributed by atoms with Crippen LogP contribution in [0.25, 0.3) is 0 Å². The van der Waals surface area contributed by atoms with Crippen LogP contribution in [0, 0.1) is 0 Å². The van der Waals surface area contributed by atoms with E-state index in [4.69, 9.17) is 4.74 Å². The quantitative estimate of drug-likeness (QED) is 0.516. The third-order valence-electron chi connectivity index (χ3n) is 4.74. The minimum absolute atomic E-state index is 0.192. The van der Waals surface area contributed by atoms with Crippen LogP contribution in [0.1, 0.15) is 31.2 Å². The number of benzene rings is 1. The molecule has 1 aromatic carbocycles. The molecule has 1 aliphatic heterocycles. The second-order valence-corrected chi connectivity index (χ2v) is 6.96. The third kappa shape index (κ3) is 6.50. The monoisotopic (exact) mass is 369 g/mol. The average Bonchev–Trinajstić information content (AvgIpc) is 2.61. The molecular weight excluding hydrogens is 338 g/mol. The van der Waals surface area contributed by atoms with Gasteiger partial charge in [-0.3, -0.25) is 4.90 Å². The van der Waals surface area contributed by atoms with Crippen molar-refractivity contribution in [3.8, 4) is 5.75 Å². The SMILES string of the molecule is OC[C@@H](O)[C@H]1OCCCCCCN(Cc2cccc(O)c2)C[C@H](O)[C@H]1O. The number of aliphatic hydroxyl groups is 4. The van der Waals surface area contributed by atoms with Crippen molar-refractivity contribution < 1.29 is 30.3 Å². The Hall–Kier alpha value is -1.22. The van der Waals surface area contributed by atoms with Crippen molar-refractivity contribution >= 4 is 0 Å². The maximum Gasteiger partial charge on any atom is 0.115 e. The number of ether oxygens (including phenoxy) is 1. The number of β-amino-alcohol motifs (C(OH)–C–C–N with tert-alkyl or cyclic N) is 1. The summed E-state index contributed by atoms with van der Waals surface area (Å²) in [6, 6.07) is 6.96. The van der Waals surface area contributed by atoms with Crippen LogP contribution in [-0.4, -0.2) is 81.2 Å². The van der Waals surface area contributed by atoms with Crippen LogP contribution in [0.2, 0.25) is 0 Å². The summed E-state index contributed by atoms with van der Waals surface area (Å²) >= 11 is 0. The molecule has 0 unspecified atom stereocenters. The van der Waals surface area contributed by atoms with Gasteiger partial charge < -0.3 is 30.3 Å². The van der Waals surface area contributed by atoms with Crippen molar-refractivity contribution in [1.29, 1.82) is 0 Å². The standard InChI is InChI=1S/C19H31NO6/c21-13-17(24)19-18(25)16(23)12-20(8-3-1-2-4-9-26-19)11-14-6-5-7-15(22)10-14/h5-7,10,16-19,21-25H,1-4,8-9,11-13H2/t16-,17+,18+,19+/m0/s1. The van der Waals surface area contributed by atoms with Crippen LogP contribution in [0.5, 0.6) is 5.75 Å². The molecule has 148 valence electrons. The lowest BCUT2D eigenvalue weighted by Crippen LogP contribution is -2.51. The van der Waals surface area contributed by atoms with E-state index in [2.05, 4.69) is 0 Å². The van der Waals surface area contributed by atoms with E-state index < -0.39 is 31.0 Å². The maximum atomic E-state index is 10.5. The highest BCUT2D eigenvalue weighted by Gasteiger charge is 2.33. The van der Waals surface area contributed by atoms with Crippen LogP contribution in [0.3, 0.4) is 0 Å². The number of hydrogen-bond donors (Lipinski definition) is 5. The predicted octanol–water partition coefficient (Wildman–Crippen LogP) is 0.228. The Morgan fingerprint density at radius 1 is 1.15 bits per heavy atom. The Morgan fingerprint density at radius 2 is 1.92 bits per heavy atom. The Morgan fingerprint density at radius 3 is 2.65 bits per heavy atom. The molecule has 0 spiro atoms. The molecule has 0 amide bonds. The summed E-state index contributed by atoms with van der Waals surface area (Å²) in [5.74, 6) is 0.192. The molecule has 2 rings (SSSR count). The van der Waals surface area contributed by atoms with E-state index in [1.54, 1.807) is 18.2 Å². The molecule has 4 atom stereocenters. The van der Waals surface area contributed by atoms with E-state index in [-0.39, 0.29) is 12.3 Å². The smallest absolute Gasteiger partial charge is 0.115 e. The van der Waals surface area contributed by atoms with Crippen LogP contribution < -0.4 is 0 Å². The first-order chi connectivity index (χ1) is 12.5. The number of phenolic OH excluding ortho intramolecular Hbond substituents is 1. The van der Waals surface area contributed by atoms with Gasteiger partial charge in [-0.2, -0.15) is 0 Å². The lowest BCUT2D eigenvalue weighted by molar-refractivity contribution is -0.147. The van der Waals surface area contributed by atoms with Crippen LogP contribution in [-0.2, 0) is 11.3 Å². The van der Waals surface area contributed by atoms with E-state index in [1.807, 2.05) is 11.0 Å². The molecule has 0 aliphatic carbocycles. The molecule has 7 heteroatoms. The highest BCUT2D eigenvalue weighted by atomic mass is 16.5. The average molecular weight is 369 g/mol. The van der Waals surface area contributed by atoms with Crippen molar-refractivity contribution in [3.05, 3.63) is 29.8 Å². The lowest BCUT2D eigenvalue weighted by atomic mass is 10.0. The summed E-state index contributed by atoms with van der Waals surface area (Å²) in [5.41, 5.74) is 0.918. The van der Waals surface area contributed by atoms with Crippen LogP contribution in [0.15, 0.2) is 24.3 Å². The van der Waals surface area contributed by atoms with E-state index >= 15 is 0 Å². The van der Waals surface area contributed by atoms with Crippen molar-refractivity contribution in [2.45, 2.75) is 56.6 Å². The van der Waals surface area contributed by atoms with Crippen LogP contribution >= 0.6 is 0 Å². The summed E-state index contributed by atoms with van der Waals surface area (Å²) < 4.78 is 5.55. The molecular formula is C19H31NO6. The number of aliphatic hydroxyl groups excluding tert-OH is 4. The van der Waals surface area contributed by atoms with Gasteiger partial charge in [0.2, 0.25) is 0 Å². The number of hydrogen-bond acceptors (Lipinski definition) is 7. The molecule has 0 saturated carbocycles. The normalized spacial score (nSPS) is 28.1. The van der Waals surface area contributed by atoms with Gasteiger partial charge in [0.05, 0.1) is 12.7 Å². The molecule has 0 radical (unpaired) electrons. The van der Waals surface area contributed by atoms with E-state index in [1.165, 1.54) is 0 Å². The topological polar surface area (TPSA) is 114 Å². The number of phenols is 1. The Balaban J connectivity index is 2.08. The fourth-order valence-electron chi connectivity index (χ4n) is 3.29. The molecule has 0 aromatic heterocycles. The van der Waals surface area contributed by atoms with Gasteiger partial charge in [-0.1, -0.05) is 25.0 Å². The highest BCUT2D eigenvalue weighted by Crippen LogP contribution is 2.17. The molecule has 26 heavy (non-hydrogen) atoms. The highest BCUT2D eigenvalue weighted by molar-refractivity contribution is 5.27. The first-order valence-electron chi connectivity index (χ1n) is 9.28. The van der Waals surface area contributed by atoms with Gasteiger partial charge in [0, 0.05) is 19.7 Å². The first-order valence-corrected chi connectivity index (χ1v) is 9.28. The third-order valence-corrected chi connectivity index (χ3v) is 4.74. The van der Waals surface area contributed by atoms with E-state index in [9.17, 15) is 25.5 Å². The van der Waals surface area contributed by atoms with Gasteiger partial charge >= 0.3 is 0 Å². The van der Waals surface area contributed by atoms with Crippen molar-refractivity contribution in [2.24, 2.45) is 0 Å². The predicted molar refractivity (Wildman–Crippen MR) is 96.7 cm³/mol. The Kier molecular flexibility index (Phi) is 8.77. The Bertz CT molecular complexity index is 529. The zero-order chi connectivity index (χ0) is 18.9. The number of nitrogens with zero attached hydrogens (tertiary/aromatic N) is 1. The minimum atomic E-state index is -1.30. The van der Waals surface area contributed by atoms with Crippen molar-refractivity contribution in [1.82, 2.24) is 4.90 Å². The van der Waals surface area contributed by atoms with E-state index in [0.717, 1.165) is 37.8 Å². The van der Waals surface area contributed by atoms with Crippen molar-refractivity contribution in [2.75, 3.05) is 26.3 Å². The fourth-order valence-corrected chi connectivity index (χ4v) is 3.29. The molecule has 1 aromatic rings. The molecule has 5 N–H and O–H groups in total. The molecule has 1 saturated heterocycles. The number of rotatable bonds is 4. The Labute approximate surface area is 154 Å². The second-order valence-electron chi connectivity index (χ2n) is 6.96. The summed E-state index contributed by atoms with van der Waals surface area (Å²) in [6.45, 7) is 1.33. The minimum Gasteiger partial charge on any atom is -0.508 e. The first kappa shape index (κ1) is 21.1. The number of aromatic hydroxyl groups is 1. The molecule has 1 heterocycles. The molecule has 1 fully saturated rings. The summed E-state index contributed by atoms with van der Waals surface area (Å²) in [6.07, 6.45) is -0.957. The summed E-state index contributed by atoms with van der Waals surface area (Å²) in [5, 5.41) is 49.7. The fraction of sp³-hybridized carbons (Fsp3) is 0.684. The zero-order valence-electron chi connectivity index (χ0n) is 15.1. The second kappa shape index (κ2) is 10.8. The molecule has 7 nitrogen and oxygen atoms in total. The summed E-state index contributed by atoms with van der Waals surface area (Å²) in [4.78, 5) is 2.02. The van der Waals surface area contributed by atoms with E-state index in [0.29, 0.717) is 13.2 Å². The van der Waals surface area contributed by atoms with Gasteiger partial charge in [0.25, 0.3) is 0 Å². The maximum absolute atomic E-state index is 10.5. The van der Waals surface area contributed by atoms with Gasteiger partial charge in [0.1, 0.15) is 24.1 Å². The zero-order valence-corrected chi connectivity index (χ0v) is 15.1. The molecule has 1 aliphatic rings. The van der Waals surface area contributed by atoms with Crippen molar-refractivity contribution in [3.63, 3.8) is 0 Å².